The highest BCUT2D eigenvalue weighted by atomic mass is 16.5. The van der Waals surface area contributed by atoms with Gasteiger partial charge in [-0.2, -0.15) is 0 Å². The molecule has 2 N–H and O–H groups in total. The van der Waals surface area contributed by atoms with Crippen molar-refractivity contribution in [2.45, 2.75) is 39.0 Å². The Kier molecular flexibility index (Phi) is 3.96. The molecule has 1 unspecified atom stereocenters. The Morgan fingerprint density at radius 3 is 3.00 bits per heavy atom. The van der Waals surface area contributed by atoms with Gasteiger partial charge >= 0.3 is 0 Å². The third kappa shape index (κ3) is 2.84. The highest BCUT2D eigenvalue weighted by Crippen LogP contribution is 2.19. The van der Waals surface area contributed by atoms with Gasteiger partial charge in [0.05, 0.1) is 5.69 Å². The zero-order chi connectivity index (χ0) is 9.68. The summed E-state index contributed by atoms with van der Waals surface area (Å²) in [5.41, 5.74) is 6.48. The first-order valence-electron chi connectivity index (χ1n) is 4.93. The van der Waals surface area contributed by atoms with Crippen LogP contribution in [0.1, 0.15) is 44.1 Å². The van der Waals surface area contributed by atoms with Crippen molar-refractivity contribution in [2.24, 2.45) is 5.73 Å². The molecule has 0 spiro atoms. The summed E-state index contributed by atoms with van der Waals surface area (Å²) in [4.78, 5) is 0. The van der Waals surface area contributed by atoms with E-state index in [-0.39, 0.29) is 0 Å². The molecular weight excluding hydrogens is 164 g/mol. The fourth-order valence-electron chi connectivity index (χ4n) is 1.40. The summed E-state index contributed by atoms with van der Waals surface area (Å²) in [5, 5.41) is 4.02. The van der Waals surface area contributed by atoms with Gasteiger partial charge in [-0.1, -0.05) is 25.4 Å². The molecule has 0 fully saturated rings. The lowest BCUT2D eigenvalue weighted by molar-refractivity contribution is 0.373. The van der Waals surface area contributed by atoms with Crippen molar-refractivity contribution in [2.75, 3.05) is 6.54 Å². The van der Waals surface area contributed by atoms with Crippen LogP contribution in [-0.4, -0.2) is 11.7 Å². The van der Waals surface area contributed by atoms with E-state index in [0.29, 0.717) is 12.5 Å². The molecular formula is C10H18N2O. The van der Waals surface area contributed by atoms with Crippen LogP contribution in [0.5, 0.6) is 0 Å². The second kappa shape index (κ2) is 5.02. The monoisotopic (exact) mass is 182 g/mol. The topological polar surface area (TPSA) is 52.0 Å². The van der Waals surface area contributed by atoms with Gasteiger partial charge in [-0.25, -0.2) is 0 Å². The van der Waals surface area contributed by atoms with Crippen LogP contribution in [0.25, 0.3) is 0 Å². The zero-order valence-electron chi connectivity index (χ0n) is 8.42. The normalized spacial score (nSPS) is 13.2. The molecule has 3 heteroatoms. The minimum atomic E-state index is 0.500. The van der Waals surface area contributed by atoms with Crippen LogP contribution in [0.2, 0.25) is 0 Å². The molecule has 3 nitrogen and oxygen atoms in total. The van der Waals surface area contributed by atoms with E-state index in [4.69, 9.17) is 10.3 Å². The van der Waals surface area contributed by atoms with Gasteiger partial charge in [-0.05, 0) is 13.0 Å². The molecule has 0 radical (unpaired) electrons. The van der Waals surface area contributed by atoms with E-state index in [1.807, 2.05) is 6.07 Å². The zero-order valence-corrected chi connectivity index (χ0v) is 8.42. The van der Waals surface area contributed by atoms with Gasteiger partial charge in [0.25, 0.3) is 0 Å². The molecule has 0 saturated carbocycles. The van der Waals surface area contributed by atoms with E-state index < -0.39 is 0 Å². The summed E-state index contributed by atoms with van der Waals surface area (Å²) in [6, 6.07) is 2.02. The van der Waals surface area contributed by atoms with Gasteiger partial charge in [-0.15, -0.1) is 0 Å². The van der Waals surface area contributed by atoms with E-state index in [1.54, 1.807) is 0 Å². The van der Waals surface area contributed by atoms with Gasteiger partial charge in [0.1, 0.15) is 5.76 Å². The van der Waals surface area contributed by atoms with Crippen LogP contribution >= 0.6 is 0 Å². The van der Waals surface area contributed by atoms with Crippen LogP contribution in [0.15, 0.2) is 10.6 Å². The molecule has 0 aliphatic rings. The number of nitrogens with two attached hydrogens (primary N) is 1. The molecule has 1 atom stereocenters. The van der Waals surface area contributed by atoms with Gasteiger partial charge in [0.15, 0.2) is 0 Å². The summed E-state index contributed by atoms with van der Waals surface area (Å²) < 4.78 is 5.14. The van der Waals surface area contributed by atoms with Crippen LogP contribution in [0.3, 0.4) is 0 Å². The van der Waals surface area contributed by atoms with E-state index >= 15 is 0 Å². The molecule has 1 aromatic heterocycles. The maximum Gasteiger partial charge on any atom is 0.138 e. The predicted molar refractivity (Wildman–Crippen MR) is 52.6 cm³/mol. The number of hydrogen-bond acceptors (Lipinski definition) is 3. The maximum absolute atomic E-state index is 5.42. The molecule has 0 aliphatic carbocycles. The number of aromatic nitrogens is 1. The Balaban J connectivity index is 2.56. The SMILES string of the molecule is CCCC(C)c1cc(CCN)on1. The van der Waals surface area contributed by atoms with Crippen LogP contribution in [0.4, 0.5) is 0 Å². The molecule has 0 amide bonds. The summed E-state index contributed by atoms with van der Waals surface area (Å²) in [7, 11) is 0. The quantitative estimate of drug-likeness (QED) is 0.758. The molecule has 1 rings (SSSR count). The van der Waals surface area contributed by atoms with Crippen molar-refractivity contribution in [1.82, 2.24) is 5.16 Å². The fraction of sp³-hybridized carbons (Fsp3) is 0.700. The maximum atomic E-state index is 5.42. The molecule has 0 saturated heterocycles. The van der Waals surface area contributed by atoms with Gasteiger partial charge in [-0.3, -0.25) is 0 Å². The van der Waals surface area contributed by atoms with Gasteiger partial charge < -0.3 is 10.3 Å². The third-order valence-electron chi connectivity index (χ3n) is 2.19. The van der Waals surface area contributed by atoms with Gasteiger partial charge in [0.2, 0.25) is 0 Å². The molecule has 13 heavy (non-hydrogen) atoms. The Bertz CT molecular complexity index is 245. The first-order chi connectivity index (χ1) is 6.27. The van der Waals surface area contributed by atoms with E-state index in [2.05, 4.69) is 19.0 Å². The Morgan fingerprint density at radius 1 is 1.62 bits per heavy atom. The Hall–Kier alpha value is -0.830. The lowest BCUT2D eigenvalue weighted by Crippen LogP contribution is -2.01. The summed E-state index contributed by atoms with van der Waals surface area (Å²) in [6.07, 6.45) is 3.13. The van der Waals surface area contributed by atoms with Crippen molar-refractivity contribution in [3.8, 4) is 0 Å². The smallest absolute Gasteiger partial charge is 0.138 e. The summed E-state index contributed by atoms with van der Waals surface area (Å²) in [5.74, 6) is 1.40. The van der Waals surface area contributed by atoms with Crippen molar-refractivity contribution >= 4 is 0 Å². The van der Waals surface area contributed by atoms with E-state index in [1.165, 1.54) is 6.42 Å². The van der Waals surface area contributed by atoms with Crippen molar-refractivity contribution < 1.29 is 4.52 Å². The molecule has 1 aromatic rings. The second-order valence-electron chi connectivity index (χ2n) is 3.45. The Labute approximate surface area is 79.3 Å². The molecule has 0 bridgehead atoms. The van der Waals surface area contributed by atoms with Crippen LogP contribution < -0.4 is 5.73 Å². The van der Waals surface area contributed by atoms with Crippen molar-refractivity contribution in [3.05, 3.63) is 17.5 Å². The van der Waals surface area contributed by atoms with Gasteiger partial charge in [0, 0.05) is 18.4 Å². The highest BCUT2D eigenvalue weighted by molar-refractivity contribution is 5.09. The average molecular weight is 182 g/mol. The molecule has 0 aliphatic heterocycles. The standard InChI is InChI=1S/C10H18N2O/c1-3-4-8(2)10-7-9(5-6-11)13-12-10/h7-8H,3-6,11H2,1-2H3. The lowest BCUT2D eigenvalue weighted by atomic mass is 10.0. The summed E-state index contributed by atoms with van der Waals surface area (Å²) in [6.45, 7) is 4.97. The minimum Gasteiger partial charge on any atom is -0.361 e. The number of rotatable bonds is 5. The van der Waals surface area contributed by atoms with Crippen molar-refractivity contribution in [3.63, 3.8) is 0 Å². The second-order valence-corrected chi connectivity index (χ2v) is 3.45. The predicted octanol–water partition coefficient (Wildman–Crippen LogP) is 2.08. The number of hydrogen-bond donors (Lipinski definition) is 1. The van der Waals surface area contributed by atoms with Crippen LogP contribution in [0, 0.1) is 0 Å². The highest BCUT2D eigenvalue weighted by Gasteiger charge is 2.10. The lowest BCUT2D eigenvalue weighted by Gasteiger charge is -2.03. The van der Waals surface area contributed by atoms with E-state index in [9.17, 15) is 0 Å². The molecule has 1 heterocycles. The first-order valence-corrected chi connectivity index (χ1v) is 4.93. The first kappa shape index (κ1) is 10.3. The molecule has 0 aromatic carbocycles. The third-order valence-corrected chi connectivity index (χ3v) is 2.19. The molecule has 74 valence electrons. The van der Waals surface area contributed by atoms with Crippen molar-refractivity contribution in [1.29, 1.82) is 0 Å². The minimum absolute atomic E-state index is 0.500. The van der Waals surface area contributed by atoms with E-state index in [0.717, 1.165) is 24.3 Å². The average Bonchev–Trinajstić information content (AvgIpc) is 2.54. The fourth-order valence-corrected chi connectivity index (χ4v) is 1.40. The largest absolute Gasteiger partial charge is 0.361 e. The van der Waals surface area contributed by atoms with Crippen LogP contribution in [-0.2, 0) is 6.42 Å². The summed E-state index contributed by atoms with van der Waals surface area (Å²) >= 11 is 0. The number of nitrogens with zero attached hydrogens (tertiary/aromatic N) is 1. The Morgan fingerprint density at radius 2 is 2.38 bits per heavy atom.